The summed E-state index contributed by atoms with van der Waals surface area (Å²) in [6, 6.07) is 16.8. The van der Waals surface area contributed by atoms with E-state index in [-0.39, 0.29) is 0 Å². The van der Waals surface area contributed by atoms with Gasteiger partial charge in [-0.15, -0.1) is 0 Å². The molecule has 0 spiro atoms. The standard InChI is InChI=1S/C15H10N2/c16-11-14-6-2-1-5-13(14)9-8-12-4-3-7-15(17)10-12/h1-7,10H,17H2. The highest BCUT2D eigenvalue weighted by Gasteiger charge is 1.95. The van der Waals surface area contributed by atoms with E-state index >= 15 is 0 Å². The minimum Gasteiger partial charge on any atom is -0.399 e. The van der Waals surface area contributed by atoms with Gasteiger partial charge in [-0.05, 0) is 30.3 Å². The van der Waals surface area contributed by atoms with Gasteiger partial charge >= 0.3 is 0 Å². The highest BCUT2D eigenvalue weighted by molar-refractivity contribution is 5.53. The molecule has 2 rings (SSSR count). The molecule has 0 heterocycles. The summed E-state index contributed by atoms with van der Waals surface area (Å²) in [5.74, 6) is 5.98. The molecule has 0 aliphatic heterocycles. The second kappa shape index (κ2) is 4.88. The third-order valence-corrected chi connectivity index (χ3v) is 2.28. The van der Waals surface area contributed by atoms with Crippen LogP contribution in [-0.4, -0.2) is 0 Å². The van der Waals surface area contributed by atoms with Crippen molar-refractivity contribution in [3.8, 4) is 17.9 Å². The molecule has 0 aromatic heterocycles. The third kappa shape index (κ3) is 2.65. The highest BCUT2D eigenvalue weighted by atomic mass is 14.5. The van der Waals surface area contributed by atoms with Gasteiger partial charge in [-0.1, -0.05) is 30.0 Å². The van der Waals surface area contributed by atoms with Gasteiger partial charge in [0.25, 0.3) is 0 Å². The van der Waals surface area contributed by atoms with Crippen molar-refractivity contribution >= 4 is 5.69 Å². The minimum atomic E-state index is 0.587. The van der Waals surface area contributed by atoms with Crippen molar-refractivity contribution in [2.24, 2.45) is 0 Å². The number of nitriles is 1. The summed E-state index contributed by atoms with van der Waals surface area (Å²) in [6.45, 7) is 0. The molecule has 2 aromatic rings. The second-order valence-corrected chi connectivity index (χ2v) is 3.53. The van der Waals surface area contributed by atoms with Gasteiger partial charge in [0, 0.05) is 16.8 Å². The highest BCUT2D eigenvalue weighted by Crippen LogP contribution is 2.07. The first-order valence-electron chi connectivity index (χ1n) is 5.16. The molecule has 0 aliphatic rings. The van der Waals surface area contributed by atoms with Crippen LogP contribution >= 0.6 is 0 Å². The quantitative estimate of drug-likeness (QED) is 0.545. The molecule has 0 fully saturated rings. The van der Waals surface area contributed by atoms with E-state index in [0.717, 1.165) is 11.1 Å². The Morgan fingerprint density at radius 1 is 0.882 bits per heavy atom. The van der Waals surface area contributed by atoms with E-state index < -0.39 is 0 Å². The lowest BCUT2D eigenvalue weighted by atomic mass is 10.1. The van der Waals surface area contributed by atoms with Gasteiger partial charge in [-0.2, -0.15) is 5.26 Å². The summed E-state index contributed by atoms with van der Waals surface area (Å²) in [7, 11) is 0. The van der Waals surface area contributed by atoms with Crippen LogP contribution in [0, 0.1) is 23.2 Å². The molecule has 0 saturated heterocycles. The molecular formula is C15H10N2. The molecule has 0 radical (unpaired) electrons. The van der Waals surface area contributed by atoms with Crippen LogP contribution in [0.1, 0.15) is 16.7 Å². The van der Waals surface area contributed by atoms with Gasteiger partial charge in [-0.25, -0.2) is 0 Å². The van der Waals surface area contributed by atoms with Crippen molar-refractivity contribution in [1.82, 2.24) is 0 Å². The first-order valence-corrected chi connectivity index (χ1v) is 5.16. The first-order chi connectivity index (χ1) is 8.29. The number of nitrogen functional groups attached to an aromatic ring is 1. The molecule has 2 aromatic carbocycles. The van der Waals surface area contributed by atoms with E-state index in [9.17, 15) is 0 Å². The zero-order valence-corrected chi connectivity index (χ0v) is 9.14. The number of benzene rings is 2. The number of rotatable bonds is 0. The fraction of sp³-hybridized carbons (Fsp3) is 0. The Morgan fingerprint density at radius 3 is 2.35 bits per heavy atom. The number of hydrogen-bond donors (Lipinski definition) is 1. The van der Waals surface area contributed by atoms with Crippen LogP contribution in [0.3, 0.4) is 0 Å². The Kier molecular flexibility index (Phi) is 3.10. The zero-order chi connectivity index (χ0) is 12.1. The number of hydrogen-bond acceptors (Lipinski definition) is 2. The van der Waals surface area contributed by atoms with Crippen LogP contribution in [-0.2, 0) is 0 Å². The maximum absolute atomic E-state index is 8.92. The van der Waals surface area contributed by atoms with Crippen LogP contribution < -0.4 is 5.73 Å². The van der Waals surface area contributed by atoms with Gasteiger partial charge in [-0.3, -0.25) is 0 Å². The molecule has 80 valence electrons. The molecule has 2 N–H and O–H groups in total. The largest absolute Gasteiger partial charge is 0.399 e. The molecule has 0 aliphatic carbocycles. The summed E-state index contributed by atoms with van der Waals surface area (Å²) < 4.78 is 0. The van der Waals surface area contributed by atoms with Gasteiger partial charge in [0.15, 0.2) is 0 Å². The molecular weight excluding hydrogens is 208 g/mol. The molecule has 2 nitrogen and oxygen atoms in total. The van der Waals surface area contributed by atoms with E-state index in [1.807, 2.05) is 42.5 Å². The summed E-state index contributed by atoms with van der Waals surface area (Å²) in [5.41, 5.74) is 8.51. The molecule has 0 saturated carbocycles. The summed E-state index contributed by atoms with van der Waals surface area (Å²) >= 11 is 0. The fourth-order valence-corrected chi connectivity index (χ4v) is 1.45. The van der Waals surface area contributed by atoms with Crippen LogP contribution in [0.4, 0.5) is 5.69 Å². The first kappa shape index (κ1) is 10.8. The van der Waals surface area contributed by atoms with Crippen molar-refractivity contribution in [3.63, 3.8) is 0 Å². The Balaban J connectivity index is 2.37. The van der Waals surface area contributed by atoms with Gasteiger partial charge in [0.1, 0.15) is 6.07 Å². The van der Waals surface area contributed by atoms with Crippen LogP contribution in [0.15, 0.2) is 48.5 Å². The molecule has 17 heavy (non-hydrogen) atoms. The number of nitrogens with two attached hydrogens (primary N) is 1. The number of anilines is 1. The Morgan fingerprint density at radius 2 is 1.65 bits per heavy atom. The smallest absolute Gasteiger partial charge is 0.100 e. The fourth-order valence-electron chi connectivity index (χ4n) is 1.45. The van der Waals surface area contributed by atoms with Crippen molar-refractivity contribution in [3.05, 3.63) is 65.2 Å². The van der Waals surface area contributed by atoms with Gasteiger partial charge < -0.3 is 5.73 Å². The van der Waals surface area contributed by atoms with E-state index in [0.29, 0.717) is 11.3 Å². The van der Waals surface area contributed by atoms with Crippen molar-refractivity contribution in [1.29, 1.82) is 5.26 Å². The summed E-state index contributed by atoms with van der Waals surface area (Å²) in [4.78, 5) is 0. The monoisotopic (exact) mass is 218 g/mol. The average Bonchev–Trinajstić information content (AvgIpc) is 2.37. The molecule has 0 amide bonds. The lowest BCUT2D eigenvalue weighted by Gasteiger charge is -1.94. The van der Waals surface area contributed by atoms with Crippen LogP contribution in [0.25, 0.3) is 0 Å². The Labute approximate surface area is 100 Å². The van der Waals surface area contributed by atoms with Gasteiger partial charge in [0.2, 0.25) is 0 Å². The maximum atomic E-state index is 8.92. The predicted molar refractivity (Wildman–Crippen MR) is 68.0 cm³/mol. The minimum absolute atomic E-state index is 0.587. The van der Waals surface area contributed by atoms with Crippen molar-refractivity contribution in [2.75, 3.05) is 5.73 Å². The normalized spacial score (nSPS) is 8.88. The Bertz CT molecular complexity index is 640. The molecule has 0 unspecified atom stereocenters. The zero-order valence-electron chi connectivity index (χ0n) is 9.14. The van der Waals surface area contributed by atoms with E-state index in [2.05, 4.69) is 17.9 Å². The lowest BCUT2D eigenvalue weighted by Crippen LogP contribution is -1.85. The average molecular weight is 218 g/mol. The summed E-state index contributed by atoms with van der Waals surface area (Å²) in [6.07, 6.45) is 0. The Hall–Kier alpha value is -2.71. The maximum Gasteiger partial charge on any atom is 0.100 e. The lowest BCUT2D eigenvalue weighted by molar-refractivity contribution is 1.47. The summed E-state index contributed by atoms with van der Waals surface area (Å²) in [5, 5.41) is 8.92. The van der Waals surface area contributed by atoms with E-state index in [4.69, 9.17) is 11.0 Å². The molecule has 0 bridgehead atoms. The van der Waals surface area contributed by atoms with Crippen LogP contribution in [0.5, 0.6) is 0 Å². The third-order valence-electron chi connectivity index (χ3n) is 2.28. The predicted octanol–water partition coefficient (Wildman–Crippen LogP) is 2.54. The molecule has 2 heteroatoms. The van der Waals surface area contributed by atoms with E-state index in [1.54, 1.807) is 6.07 Å². The van der Waals surface area contributed by atoms with E-state index in [1.165, 1.54) is 0 Å². The number of nitrogens with zero attached hydrogens (tertiary/aromatic N) is 1. The van der Waals surface area contributed by atoms with Crippen molar-refractivity contribution < 1.29 is 0 Å². The van der Waals surface area contributed by atoms with Gasteiger partial charge in [0.05, 0.1) is 5.56 Å². The topological polar surface area (TPSA) is 49.8 Å². The second-order valence-electron chi connectivity index (χ2n) is 3.53. The van der Waals surface area contributed by atoms with Crippen LogP contribution in [0.2, 0.25) is 0 Å². The SMILES string of the molecule is N#Cc1ccccc1C#Cc1cccc(N)c1. The van der Waals surface area contributed by atoms with Crippen molar-refractivity contribution in [2.45, 2.75) is 0 Å². The molecule has 0 atom stereocenters.